The van der Waals surface area contributed by atoms with E-state index in [0.29, 0.717) is 5.92 Å². The van der Waals surface area contributed by atoms with E-state index in [4.69, 9.17) is 0 Å². The van der Waals surface area contributed by atoms with Gasteiger partial charge in [-0.25, -0.2) is 17.5 Å². The number of rotatable bonds is 3. The zero-order chi connectivity index (χ0) is 12.5. The minimum absolute atomic E-state index is 0.0605. The Morgan fingerprint density at radius 1 is 1.29 bits per heavy atom. The third-order valence-corrected chi connectivity index (χ3v) is 4.70. The SMILES string of the molecule is CC1CCC(NS(=O)(=O)c2ccccc2F)C1. The molecule has 17 heavy (non-hydrogen) atoms. The predicted molar refractivity (Wildman–Crippen MR) is 63.5 cm³/mol. The molecule has 3 nitrogen and oxygen atoms in total. The smallest absolute Gasteiger partial charge is 0.208 e. The maximum Gasteiger partial charge on any atom is 0.243 e. The highest BCUT2D eigenvalue weighted by Crippen LogP contribution is 2.26. The van der Waals surface area contributed by atoms with Crippen molar-refractivity contribution in [3.8, 4) is 0 Å². The van der Waals surface area contributed by atoms with E-state index >= 15 is 0 Å². The molecule has 0 bridgehead atoms. The number of hydrogen-bond acceptors (Lipinski definition) is 2. The highest BCUT2D eigenvalue weighted by molar-refractivity contribution is 7.89. The first kappa shape index (κ1) is 12.5. The normalized spacial score (nSPS) is 25.1. The van der Waals surface area contributed by atoms with Gasteiger partial charge in [0.2, 0.25) is 10.0 Å². The molecule has 2 unspecified atom stereocenters. The summed E-state index contributed by atoms with van der Waals surface area (Å²) in [5.41, 5.74) is 0. The van der Waals surface area contributed by atoms with Crippen molar-refractivity contribution in [2.45, 2.75) is 37.1 Å². The standard InChI is InChI=1S/C12H16FNO2S/c1-9-6-7-10(8-9)14-17(15,16)12-5-3-2-4-11(12)13/h2-5,9-10,14H,6-8H2,1H3. The van der Waals surface area contributed by atoms with E-state index in [1.165, 1.54) is 18.2 Å². The van der Waals surface area contributed by atoms with Crippen molar-refractivity contribution in [2.75, 3.05) is 0 Å². The summed E-state index contributed by atoms with van der Waals surface area (Å²) in [5.74, 6) is -0.172. The second-order valence-corrected chi connectivity index (χ2v) is 6.35. The van der Waals surface area contributed by atoms with E-state index < -0.39 is 15.8 Å². The zero-order valence-corrected chi connectivity index (χ0v) is 10.5. The van der Waals surface area contributed by atoms with Gasteiger partial charge < -0.3 is 0 Å². The van der Waals surface area contributed by atoms with E-state index in [0.717, 1.165) is 25.3 Å². The molecule has 94 valence electrons. The number of hydrogen-bond donors (Lipinski definition) is 1. The van der Waals surface area contributed by atoms with E-state index in [1.54, 1.807) is 0 Å². The minimum Gasteiger partial charge on any atom is -0.208 e. The van der Waals surface area contributed by atoms with Gasteiger partial charge in [-0.3, -0.25) is 0 Å². The van der Waals surface area contributed by atoms with Crippen LogP contribution in [0.1, 0.15) is 26.2 Å². The van der Waals surface area contributed by atoms with Crippen LogP contribution >= 0.6 is 0 Å². The maximum absolute atomic E-state index is 13.4. The molecule has 1 aliphatic rings. The highest BCUT2D eigenvalue weighted by atomic mass is 32.2. The first-order valence-corrected chi connectivity index (χ1v) is 7.24. The summed E-state index contributed by atoms with van der Waals surface area (Å²) in [7, 11) is -3.72. The molecule has 1 N–H and O–H groups in total. The second-order valence-electron chi connectivity index (χ2n) is 4.67. The highest BCUT2D eigenvalue weighted by Gasteiger charge is 2.27. The number of sulfonamides is 1. The molecule has 0 spiro atoms. The Morgan fingerprint density at radius 2 is 2.00 bits per heavy atom. The number of benzene rings is 1. The number of halogens is 1. The van der Waals surface area contributed by atoms with Gasteiger partial charge in [-0.15, -0.1) is 0 Å². The van der Waals surface area contributed by atoms with Crippen molar-refractivity contribution in [3.05, 3.63) is 30.1 Å². The Labute approximate surface area is 101 Å². The molecule has 5 heteroatoms. The first-order valence-electron chi connectivity index (χ1n) is 5.76. The lowest BCUT2D eigenvalue weighted by molar-refractivity contribution is 0.528. The molecule has 1 aromatic rings. The topological polar surface area (TPSA) is 46.2 Å². The molecule has 0 radical (unpaired) electrons. The average Bonchev–Trinajstić information content (AvgIpc) is 2.63. The van der Waals surface area contributed by atoms with Gasteiger partial charge in [-0.2, -0.15) is 0 Å². The molecule has 1 saturated carbocycles. The largest absolute Gasteiger partial charge is 0.243 e. The third kappa shape index (κ3) is 2.84. The molecular formula is C12H16FNO2S. The Balaban J connectivity index is 2.17. The molecule has 1 aromatic carbocycles. The summed E-state index contributed by atoms with van der Waals surface area (Å²) in [6, 6.07) is 5.39. The summed E-state index contributed by atoms with van der Waals surface area (Å²) >= 11 is 0. The lowest BCUT2D eigenvalue weighted by Crippen LogP contribution is -2.33. The van der Waals surface area contributed by atoms with Crippen LogP contribution in [0.25, 0.3) is 0 Å². The van der Waals surface area contributed by atoms with Crippen molar-refractivity contribution >= 4 is 10.0 Å². The first-order chi connectivity index (χ1) is 7.99. The molecule has 1 fully saturated rings. The van der Waals surface area contributed by atoms with Gasteiger partial charge in [0.25, 0.3) is 0 Å². The van der Waals surface area contributed by atoms with Gasteiger partial charge >= 0.3 is 0 Å². The van der Waals surface area contributed by atoms with Gasteiger partial charge in [0.1, 0.15) is 10.7 Å². The summed E-state index contributed by atoms with van der Waals surface area (Å²) < 4.78 is 39.9. The monoisotopic (exact) mass is 257 g/mol. The van der Waals surface area contributed by atoms with E-state index in [-0.39, 0.29) is 10.9 Å². The second kappa shape index (κ2) is 4.74. The fraction of sp³-hybridized carbons (Fsp3) is 0.500. The minimum atomic E-state index is -3.72. The average molecular weight is 257 g/mol. The van der Waals surface area contributed by atoms with Crippen LogP contribution in [0, 0.1) is 11.7 Å². The van der Waals surface area contributed by atoms with Crippen LogP contribution in [0.5, 0.6) is 0 Å². The molecule has 0 aromatic heterocycles. The molecule has 0 saturated heterocycles. The quantitative estimate of drug-likeness (QED) is 0.903. The van der Waals surface area contributed by atoms with Crippen molar-refractivity contribution in [1.29, 1.82) is 0 Å². The van der Waals surface area contributed by atoms with Crippen LogP contribution in [-0.4, -0.2) is 14.5 Å². The fourth-order valence-corrected chi connectivity index (χ4v) is 3.62. The van der Waals surface area contributed by atoms with Crippen molar-refractivity contribution in [2.24, 2.45) is 5.92 Å². The molecule has 0 aliphatic heterocycles. The summed E-state index contributed by atoms with van der Waals surface area (Å²) in [6.45, 7) is 2.09. The summed E-state index contributed by atoms with van der Waals surface area (Å²) in [6.07, 6.45) is 2.67. The van der Waals surface area contributed by atoms with Crippen molar-refractivity contribution in [3.63, 3.8) is 0 Å². The Morgan fingerprint density at radius 3 is 2.59 bits per heavy atom. The van der Waals surface area contributed by atoms with Gasteiger partial charge in [0.05, 0.1) is 0 Å². The lowest BCUT2D eigenvalue weighted by atomic mass is 10.1. The lowest BCUT2D eigenvalue weighted by Gasteiger charge is -2.13. The zero-order valence-electron chi connectivity index (χ0n) is 9.69. The van der Waals surface area contributed by atoms with E-state index in [1.807, 2.05) is 0 Å². The summed E-state index contributed by atoms with van der Waals surface area (Å²) in [5, 5.41) is 0. The van der Waals surface area contributed by atoms with Crippen LogP contribution in [0.2, 0.25) is 0 Å². The van der Waals surface area contributed by atoms with Crippen LogP contribution < -0.4 is 4.72 Å². The van der Waals surface area contributed by atoms with Crippen LogP contribution in [-0.2, 0) is 10.0 Å². The van der Waals surface area contributed by atoms with Crippen LogP contribution in [0.4, 0.5) is 4.39 Å². The molecular weight excluding hydrogens is 241 g/mol. The van der Waals surface area contributed by atoms with E-state index in [2.05, 4.69) is 11.6 Å². The molecule has 2 atom stereocenters. The fourth-order valence-electron chi connectivity index (χ4n) is 2.26. The van der Waals surface area contributed by atoms with Crippen LogP contribution in [0.3, 0.4) is 0 Å². The third-order valence-electron chi connectivity index (χ3n) is 3.14. The molecule has 0 heterocycles. The van der Waals surface area contributed by atoms with Gasteiger partial charge in [-0.1, -0.05) is 19.1 Å². The van der Waals surface area contributed by atoms with Crippen molar-refractivity contribution in [1.82, 2.24) is 4.72 Å². The molecule has 0 amide bonds. The predicted octanol–water partition coefficient (Wildman–Crippen LogP) is 2.29. The van der Waals surface area contributed by atoms with Crippen LogP contribution in [0.15, 0.2) is 29.2 Å². The van der Waals surface area contributed by atoms with E-state index in [9.17, 15) is 12.8 Å². The Kier molecular flexibility index (Phi) is 3.49. The Bertz CT molecular complexity index is 501. The van der Waals surface area contributed by atoms with Gasteiger partial charge in [-0.05, 0) is 37.3 Å². The summed E-state index contributed by atoms with van der Waals surface area (Å²) in [4.78, 5) is -0.264. The molecule has 1 aliphatic carbocycles. The van der Waals surface area contributed by atoms with Crippen molar-refractivity contribution < 1.29 is 12.8 Å². The van der Waals surface area contributed by atoms with Gasteiger partial charge in [0, 0.05) is 6.04 Å². The molecule has 2 rings (SSSR count). The maximum atomic E-state index is 13.4. The number of nitrogens with one attached hydrogen (secondary N) is 1. The Hall–Kier alpha value is -0.940. The van der Waals surface area contributed by atoms with Gasteiger partial charge in [0.15, 0.2) is 0 Å².